The summed E-state index contributed by atoms with van der Waals surface area (Å²) in [6.45, 7) is 4.38. The van der Waals surface area contributed by atoms with Gasteiger partial charge in [0.25, 0.3) is 0 Å². The van der Waals surface area contributed by atoms with Crippen molar-refractivity contribution in [2.24, 2.45) is 0 Å². The second kappa shape index (κ2) is 4.13. The lowest BCUT2D eigenvalue weighted by atomic mass is 10.2. The third-order valence-electron chi connectivity index (χ3n) is 1.38. The molecule has 0 aromatic heterocycles. The van der Waals surface area contributed by atoms with E-state index in [1.54, 1.807) is 0 Å². The average Bonchev–Trinajstić information content (AvgIpc) is 1.72. The molecule has 0 aliphatic heterocycles. The third kappa shape index (κ3) is 2.63. The van der Waals surface area contributed by atoms with Gasteiger partial charge in [0.2, 0.25) is 0 Å². The molecule has 44 valence electrons. The standard InChI is InChI=1S/C6H15N/c1-4-6(5-2)7-3/h6H,3-5,7H2,1-2H3. The van der Waals surface area contributed by atoms with Gasteiger partial charge < -0.3 is 5.32 Å². The predicted molar refractivity (Wildman–Crippen MR) is 31.7 cm³/mol. The zero-order valence-corrected chi connectivity index (χ0v) is 5.28. The van der Waals surface area contributed by atoms with Gasteiger partial charge in [-0.2, -0.15) is 7.05 Å². The first-order valence-electron chi connectivity index (χ1n) is 2.97. The Morgan fingerprint density at radius 2 is 1.86 bits per heavy atom. The van der Waals surface area contributed by atoms with Crippen LogP contribution in [0, 0.1) is 7.05 Å². The number of hydrogen-bond donors (Lipinski definition) is 1. The second-order valence-corrected chi connectivity index (χ2v) is 1.81. The molecule has 0 bridgehead atoms. The van der Waals surface area contributed by atoms with E-state index < -0.39 is 0 Å². The molecule has 0 spiro atoms. The Bertz CT molecular complexity index is 25.7. The topological polar surface area (TPSA) is 16.6 Å². The quantitative estimate of drug-likeness (QED) is 0.499. The van der Waals surface area contributed by atoms with Crippen molar-refractivity contribution in [2.75, 3.05) is 0 Å². The van der Waals surface area contributed by atoms with E-state index in [-0.39, 0.29) is 0 Å². The Labute approximate surface area is 46.1 Å². The Morgan fingerprint density at radius 3 is 1.86 bits per heavy atom. The van der Waals surface area contributed by atoms with Crippen LogP contribution in [0.2, 0.25) is 0 Å². The molecule has 0 amide bonds. The maximum absolute atomic E-state index is 3.70. The van der Waals surface area contributed by atoms with E-state index in [9.17, 15) is 0 Å². The van der Waals surface area contributed by atoms with Gasteiger partial charge in [-0.1, -0.05) is 13.8 Å². The number of nitrogens with two attached hydrogens (primary N) is 1. The summed E-state index contributed by atoms with van der Waals surface area (Å²) in [5, 5.41) is 2.03. The lowest BCUT2D eigenvalue weighted by molar-refractivity contribution is -0.634. The van der Waals surface area contributed by atoms with Gasteiger partial charge in [0.15, 0.2) is 0 Å². The zero-order valence-electron chi connectivity index (χ0n) is 5.28. The fraction of sp³-hybridized carbons (Fsp3) is 0.833. The van der Waals surface area contributed by atoms with Gasteiger partial charge in [-0.05, 0) is 12.8 Å². The maximum atomic E-state index is 3.70. The van der Waals surface area contributed by atoms with Gasteiger partial charge in [-0.15, -0.1) is 0 Å². The molecule has 0 rings (SSSR count). The molecule has 0 saturated carbocycles. The molecule has 0 aromatic rings. The maximum Gasteiger partial charge on any atom is 0.0614 e. The fourth-order valence-electron chi connectivity index (χ4n) is 0.622. The minimum atomic E-state index is 0.750. The van der Waals surface area contributed by atoms with Gasteiger partial charge in [0.05, 0.1) is 6.04 Å². The molecular formula is C6H15N. The van der Waals surface area contributed by atoms with Crippen LogP contribution in [-0.2, 0) is 0 Å². The van der Waals surface area contributed by atoms with Crippen LogP contribution in [0.1, 0.15) is 26.7 Å². The molecule has 0 radical (unpaired) electrons. The molecule has 2 N–H and O–H groups in total. The highest BCUT2D eigenvalue weighted by atomic mass is 14.9. The lowest BCUT2D eigenvalue weighted by Gasteiger charge is -2.09. The smallest absolute Gasteiger partial charge is 0.0614 e. The molecule has 0 atom stereocenters. The van der Waals surface area contributed by atoms with Crippen molar-refractivity contribution in [3.05, 3.63) is 7.05 Å². The fourth-order valence-corrected chi connectivity index (χ4v) is 0.622. The van der Waals surface area contributed by atoms with Crippen molar-refractivity contribution in [1.82, 2.24) is 0 Å². The molecule has 1 nitrogen and oxygen atoms in total. The van der Waals surface area contributed by atoms with E-state index in [1.807, 2.05) is 5.32 Å². The average molecular weight is 101 g/mol. The van der Waals surface area contributed by atoms with Crippen LogP contribution in [0.5, 0.6) is 0 Å². The minimum absolute atomic E-state index is 0.750. The van der Waals surface area contributed by atoms with Crippen LogP contribution in [0.25, 0.3) is 0 Å². The van der Waals surface area contributed by atoms with Crippen molar-refractivity contribution in [3.8, 4) is 0 Å². The monoisotopic (exact) mass is 101 g/mol. The molecule has 0 aliphatic carbocycles. The summed E-state index contributed by atoms with van der Waals surface area (Å²) in [6, 6.07) is 0.750. The van der Waals surface area contributed by atoms with Crippen molar-refractivity contribution >= 4 is 0 Å². The Morgan fingerprint density at radius 1 is 1.43 bits per heavy atom. The Hall–Kier alpha value is -0.0400. The summed E-state index contributed by atoms with van der Waals surface area (Å²) in [4.78, 5) is 0. The molecule has 0 aliphatic rings. The number of quaternary nitrogens is 1. The first kappa shape index (κ1) is 6.96. The summed E-state index contributed by atoms with van der Waals surface area (Å²) < 4.78 is 0. The van der Waals surface area contributed by atoms with Gasteiger partial charge in [0, 0.05) is 0 Å². The number of hydrogen-bond acceptors (Lipinski definition) is 0. The minimum Gasteiger partial charge on any atom is -0.476 e. The molecule has 0 unspecified atom stereocenters. The molecule has 7 heavy (non-hydrogen) atoms. The highest BCUT2D eigenvalue weighted by molar-refractivity contribution is 4.43. The first-order valence-corrected chi connectivity index (χ1v) is 2.97. The Balaban J connectivity index is 2.99. The summed E-state index contributed by atoms with van der Waals surface area (Å²) in [5.74, 6) is 0. The van der Waals surface area contributed by atoms with E-state index in [0.717, 1.165) is 6.04 Å². The van der Waals surface area contributed by atoms with Crippen LogP contribution in [0.3, 0.4) is 0 Å². The normalized spacial score (nSPS) is 10.3. The summed E-state index contributed by atoms with van der Waals surface area (Å²) in [6.07, 6.45) is 2.47. The zero-order chi connectivity index (χ0) is 5.70. The van der Waals surface area contributed by atoms with Gasteiger partial charge in [-0.3, -0.25) is 0 Å². The summed E-state index contributed by atoms with van der Waals surface area (Å²) >= 11 is 0. The summed E-state index contributed by atoms with van der Waals surface area (Å²) in [7, 11) is 3.70. The van der Waals surface area contributed by atoms with E-state index in [1.165, 1.54) is 12.8 Å². The van der Waals surface area contributed by atoms with Crippen molar-refractivity contribution < 1.29 is 5.32 Å². The highest BCUT2D eigenvalue weighted by Crippen LogP contribution is 1.87. The van der Waals surface area contributed by atoms with Crippen molar-refractivity contribution in [2.45, 2.75) is 32.7 Å². The highest BCUT2D eigenvalue weighted by Gasteiger charge is 1.95. The molecule has 1 heteroatoms. The molecule has 0 aromatic carbocycles. The van der Waals surface area contributed by atoms with Gasteiger partial charge in [-0.25, -0.2) is 0 Å². The molecule has 0 saturated heterocycles. The second-order valence-electron chi connectivity index (χ2n) is 1.81. The molecule has 0 fully saturated rings. The van der Waals surface area contributed by atoms with E-state index in [0.29, 0.717) is 0 Å². The van der Waals surface area contributed by atoms with E-state index in [2.05, 4.69) is 20.9 Å². The molecule has 0 heterocycles. The SMILES string of the molecule is [CH2-][NH2+]C(CC)CC. The van der Waals surface area contributed by atoms with E-state index >= 15 is 0 Å². The van der Waals surface area contributed by atoms with Crippen LogP contribution in [0.4, 0.5) is 0 Å². The van der Waals surface area contributed by atoms with Crippen LogP contribution >= 0.6 is 0 Å². The lowest BCUT2D eigenvalue weighted by Crippen LogP contribution is -2.83. The summed E-state index contributed by atoms with van der Waals surface area (Å²) in [5.41, 5.74) is 0. The van der Waals surface area contributed by atoms with Crippen molar-refractivity contribution in [3.63, 3.8) is 0 Å². The first-order chi connectivity index (χ1) is 3.35. The largest absolute Gasteiger partial charge is 0.476 e. The van der Waals surface area contributed by atoms with Gasteiger partial charge >= 0.3 is 0 Å². The van der Waals surface area contributed by atoms with Crippen LogP contribution < -0.4 is 5.32 Å². The third-order valence-corrected chi connectivity index (χ3v) is 1.38. The molecular weight excluding hydrogens is 86.1 g/mol. The van der Waals surface area contributed by atoms with Crippen LogP contribution in [-0.4, -0.2) is 6.04 Å². The predicted octanol–water partition coefficient (Wildman–Crippen LogP) is 0.530. The van der Waals surface area contributed by atoms with E-state index in [4.69, 9.17) is 0 Å². The van der Waals surface area contributed by atoms with Crippen molar-refractivity contribution in [1.29, 1.82) is 0 Å². The van der Waals surface area contributed by atoms with Gasteiger partial charge in [0.1, 0.15) is 0 Å². The Kier molecular flexibility index (Phi) is 4.10. The van der Waals surface area contributed by atoms with Crippen LogP contribution in [0.15, 0.2) is 0 Å². The number of rotatable bonds is 3.